The summed E-state index contributed by atoms with van der Waals surface area (Å²) >= 11 is 1.53. The van der Waals surface area contributed by atoms with Gasteiger partial charge in [0, 0.05) is 31.7 Å². The van der Waals surface area contributed by atoms with E-state index < -0.39 is 6.10 Å². The first-order valence-electron chi connectivity index (χ1n) is 9.83. The summed E-state index contributed by atoms with van der Waals surface area (Å²) < 4.78 is 11.2. The van der Waals surface area contributed by atoms with Gasteiger partial charge in [0.2, 0.25) is 0 Å². The molecule has 0 amide bonds. The Hall–Kier alpha value is -2.97. The molecule has 4 aromatic rings. The Morgan fingerprint density at radius 3 is 2.53 bits per heavy atom. The maximum Gasteiger partial charge on any atom is 0.331 e. The number of aromatic nitrogens is 4. The summed E-state index contributed by atoms with van der Waals surface area (Å²) in [4.78, 5) is 30.8. The van der Waals surface area contributed by atoms with E-state index in [4.69, 9.17) is 4.74 Å². The highest BCUT2D eigenvalue weighted by molar-refractivity contribution is 7.09. The van der Waals surface area contributed by atoms with Crippen molar-refractivity contribution in [1.29, 1.82) is 0 Å². The molecule has 7 nitrogen and oxygen atoms in total. The van der Waals surface area contributed by atoms with Crippen LogP contribution in [0.4, 0.5) is 0 Å². The predicted octanol–water partition coefficient (Wildman–Crippen LogP) is 2.98. The second kappa shape index (κ2) is 6.78. The molecule has 4 heterocycles. The summed E-state index contributed by atoms with van der Waals surface area (Å²) in [6.45, 7) is 4.56. The standard InChI is InChI=1S/C22H22N4O3S/c1-12-11-30-20(23-12)19-18-17-15(21(27)25(4)22(28)24(17)3)16(14-8-6-5-7-9-14)26(18)10-13(2)29-19/h5-9,11,13,19H,10H2,1-4H3/t13-,19+/m0/s1. The topological polar surface area (TPSA) is 71.0 Å². The fraction of sp³-hybridized carbons (Fsp3) is 0.318. The van der Waals surface area contributed by atoms with Crippen molar-refractivity contribution in [2.45, 2.75) is 32.6 Å². The first kappa shape index (κ1) is 19.0. The third-order valence-electron chi connectivity index (χ3n) is 5.67. The largest absolute Gasteiger partial charge is 0.360 e. The number of hydrogen-bond acceptors (Lipinski definition) is 5. The normalized spacial score (nSPS) is 18.7. The van der Waals surface area contributed by atoms with Crippen molar-refractivity contribution < 1.29 is 4.74 Å². The summed E-state index contributed by atoms with van der Waals surface area (Å²) in [5.41, 5.74) is 3.47. The van der Waals surface area contributed by atoms with Crippen molar-refractivity contribution in [3.8, 4) is 11.3 Å². The van der Waals surface area contributed by atoms with Crippen LogP contribution < -0.4 is 11.2 Å². The van der Waals surface area contributed by atoms with Crippen LogP contribution in [-0.2, 0) is 25.4 Å². The van der Waals surface area contributed by atoms with Gasteiger partial charge in [0.1, 0.15) is 5.01 Å². The lowest BCUT2D eigenvalue weighted by Gasteiger charge is -2.30. The second-order valence-electron chi connectivity index (χ2n) is 7.79. The molecule has 0 spiro atoms. The molecule has 0 bridgehead atoms. The molecular weight excluding hydrogens is 400 g/mol. The van der Waals surface area contributed by atoms with Crippen LogP contribution in [0.3, 0.4) is 0 Å². The summed E-state index contributed by atoms with van der Waals surface area (Å²) in [5.74, 6) is 0. The SMILES string of the molecule is Cc1csc([C@@H]2O[C@@H](C)Cn3c(-c4ccccc4)c4c(=O)n(C)c(=O)n(C)c4c32)n1. The van der Waals surface area contributed by atoms with E-state index in [0.717, 1.165) is 27.7 Å². The van der Waals surface area contributed by atoms with Gasteiger partial charge in [0.05, 0.1) is 28.4 Å². The van der Waals surface area contributed by atoms with E-state index in [-0.39, 0.29) is 17.4 Å². The van der Waals surface area contributed by atoms with Gasteiger partial charge in [-0.15, -0.1) is 11.3 Å². The smallest absolute Gasteiger partial charge is 0.331 e. The van der Waals surface area contributed by atoms with Crippen LogP contribution in [0.15, 0.2) is 45.3 Å². The summed E-state index contributed by atoms with van der Waals surface area (Å²) in [5, 5.41) is 3.35. The lowest BCUT2D eigenvalue weighted by atomic mass is 10.1. The first-order chi connectivity index (χ1) is 14.4. The Morgan fingerprint density at radius 1 is 1.13 bits per heavy atom. The Morgan fingerprint density at radius 2 is 1.87 bits per heavy atom. The van der Waals surface area contributed by atoms with Crippen LogP contribution in [0.25, 0.3) is 22.2 Å². The molecule has 0 fully saturated rings. The van der Waals surface area contributed by atoms with Crippen molar-refractivity contribution >= 4 is 22.2 Å². The quantitative estimate of drug-likeness (QED) is 0.498. The van der Waals surface area contributed by atoms with Crippen molar-refractivity contribution in [1.82, 2.24) is 18.7 Å². The number of nitrogens with zero attached hydrogens (tertiary/aromatic N) is 4. The zero-order chi connectivity index (χ0) is 21.2. The number of hydrogen-bond donors (Lipinski definition) is 0. The monoisotopic (exact) mass is 422 g/mol. The molecule has 154 valence electrons. The molecule has 5 rings (SSSR count). The molecule has 1 aliphatic heterocycles. The van der Waals surface area contributed by atoms with E-state index in [0.29, 0.717) is 17.4 Å². The molecule has 0 aliphatic carbocycles. The first-order valence-corrected chi connectivity index (χ1v) is 10.7. The van der Waals surface area contributed by atoms with Crippen molar-refractivity contribution in [3.05, 3.63) is 72.9 Å². The minimum absolute atomic E-state index is 0.0724. The summed E-state index contributed by atoms with van der Waals surface area (Å²) in [6, 6.07) is 9.85. The lowest BCUT2D eigenvalue weighted by molar-refractivity contribution is -0.0143. The van der Waals surface area contributed by atoms with Gasteiger partial charge in [0.15, 0.2) is 6.10 Å². The Kier molecular flexibility index (Phi) is 4.30. The molecule has 8 heteroatoms. The number of rotatable bonds is 2. The van der Waals surface area contributed by atoms with E-state index in [9.17, 15) is 9.59 Å². The van der Waals surface area contributed by atoms with Crippen LogP contribution in [0, 0.1) is 6.92 Å². The third kappa shape index (κ3) is 2.64. The molecule has 0 saturated carbocycles. The van der Waals surface area contributed by atoms with Gasteiger partial charge in [-0.2, -0.15) is 0 Å². The highest BCUT2D eigenvalue weighted by Crippen LogP contribution is 2.42. The van der Waals surface area contributed by atoms with Gasteiger partial charge >= 0.3 is 5.69 Å². The second-order valence-corrected chi connectivity index (χ2v) is 8.68. The number of aryl methyl sites for hydroxylation is 2. The van der Waals surface area contributed by atoms with Gasteiger partial charge in [-0.05, 0) is 19.4 Å². The molecule has 0 N–H and O–H groups in total. The van der Waals surface area contributed by atoms with Crippen molar-refractivity contribution in [3.63, 3.8) is 0 Å². The maximum absolute atomic E-state index is 13.3. The zero-order valence-corrected chi connectivity index (χ0v) is 18.1. The molecule has 2 atom stereocenters. The number of thiazole rings is 1. The molecule has 0 saturated heterocycles. The van der Waals surface area contributed by atoms with E-state index >= 15 is 0 Å². The van der Waals surface area contributed by atoms with Crippen LogP contribution in [0.2, 0.25) is 0 Å². The maximum atomic E-state index is 13.3. The summed E-state index contributed by atoms with van der Waals surface area (Å²) in [7, 11) is 3.23. The van der Waals surface area contributed by atoms with Crippen LogP contribution in [0.5, 0.6) is 0 Å². The number of benzene rings is 1. The Balaban J connectivity index is 1.98. The molecule has 1 aliphatic rings. The molecule has 3 aromatic heterocycles. The third-order valence-corrected chi connectivity index (χ3v) is 6.68. The Bertz CT molecular complexity index is 1390. The average Bonchev–Trinajstić information content (AvgIpc) is 3.32. The molecule has 1 aromatic carbocycles. The van der Waals surface area contributed by atoms with Gasteiger partial charge in [0.25, 0.3) is 5.56 Å². The average molecular weight is 423 g/mol. The van der Waals surface area contributed by atoms with Gasteiger partial charge in [-0.3, -0.25) is 13.9 Å². The van der Waals surface area contributed by atoms with Gasteiger partial charge in [-0.25, -0.2) is 9.78 Å². The van der Waals surface area contributed by atoms with E-state index in [1.165, 1.54) is 23.0 Å². The van der Waals surface area contributed by atoms with Crippen molar-refractivity contribution in [2.75, 3.05) is 0 Å². The van der Waals surface area contributed by atoms with Gasteiger partial charge in [-0.1, -0.05) is 30.3 Å². The van der Waals surface area contributed by atoms with E-state index in [1.807, 2.05) is 49.6 Å². The molecular formula is C22H22N4O3S. The highest BCUT2D eigenvalue weighted by atomic mass is 32.1. The molecule has 30 heavy (non-hydrogen) atoms. The fourth-order valence-electron chi connectivity index (χ4n) is 4.36. The highest BCUT2D eigenvalue weighted by Gasteiger charge is 2.36. The molecule has 0 radical (unpaired) electrons. The number of fused-ring (bicyclic) bond motifs is 3. The predicted molar refractivity (Wildman–Crippen MR) is 117 cm³/mol. The lowest BCUT2D eigenvalue weighted by Crippen LogP contribution is -2.37. The van der Waals surface area contributed by atoms with E-state index in [1.54, 1.807) is 11.6 Å². The van der Waals surface area contributed by atoms with Crippen LogP contribution >= 0.6 is 11.3 Å². The van der Waals surface area contributed by atoms with Gasteiger partial charge < -0.3 is 9.30 Å². The number of ether oxygens (including phenoxy) is 1. The Labute approximate surface area is 176 Å². The molecule has 0 unspecified atom stereocenters. The van der Waals surface area contributed by atoms with Crippen LogP contribution in [0.1, 0.15) is 29.4 Å². The van der Waals surface area contributed by atoms with E-state index in [2.05, 4.69) is 9.55 Å². The zero-order valence-electron chi connectivity index (χ0n) is 17.2. The van der Waals surface area contributed by atoms with Crippen molar-refractivity contribution in [2.24, 2.45) is 14.1 Å². The minimum atomic E-state index is -0.440. The minimum Gasteiger partial charge on any atom is -0.360 e. The fourth-order valence-corrected chi connectivity index (χ4v) is 5.19. The van der Waals surface area contributed by atoms with Crippen LogP contribution in [-0.4, -0.2) is 24.8 Å². The summed E-state index contributed by atoms with van der Waals surface area (Å²) in [6.07, 6.45) is -0.512.